The van der Waals surface area contributed by atoms with Crippen molar-refractivity contribution >= 4 is 17.2 Å². The van der Waals surface area contributed by atoms with E-state index in [0.717, 1.165) is 5.69 Å². The Morgan fingerprint density at radius 1 is 1.53 bits per heavy atom. The molecule has 15 heavy (non-hydrogen) atoms. The van der Waals surface area contributed by atoms with Crippen LogP contribution in [0.25, 0.3) is 5.65 Å². The molecular weight excluding hydrogens is 216 g/mol. The van der Waals surface area contributed by atoms with Crippen molar-refractivity contribution in [3.8, 4) is 0 Å². The summed E-state index contributed by atoms with van der Waals surface area (Å²) in [4.78, 5) is 15.4. The summed E-state index contributed by atoms with van der Waals surface area (Å²) in [6.45, 7) is 3.90. The lowest BCUT2D eigenvalue weighted by atomic mass is 10.0. The standard InChI is InChI=1S/C9H11ClN4O/c1-5(6(2)10)7-3-8-12-13-9(15)14(8)4-11-7/h3-6H,1-2H3,(H,13,15). The number of rotatable bonds is 2. The number of hydrogen-bond donors (Lipinski definition) is 1. The van der Waals surface area contributed by atoms with E-state index in [9.17, 15) is 4.79 Å². The molecule has 0 radical (unpaired) electrons. The minimum atomic E-state index is -0.282. The first kappa shape index (κ1) is 10.2. The highest BCUT2D eigenvalue weighted by molar-refractivity contribution is 6.20. The molecule has 2 rings (SSSR count). The van der Waals surface area contributed by atoms with Gasteiger partial charge in [-0.3, -0.25) is 0 Å². The minimum Gasteiger partial charge on any atom is -0.246 e. The van der Waals surface area contributed by atoms with Crippen molar-refractivity contribution in [1.82, 2.24) is 19.6 Å². The van der Waals surface area contributed by atoms with Crippen molar-refractivity contribution in [3.63, 3.8) is 0 Å². The fourth-order valence-electron chi connectivity index (χ4n) is 1.31. The number of hydrogen-bond acceptors (Lipinski definition) is 3. The maximum Gasteiger partial charge on any atom is 0.348 e. The first-order chi connectivity index (χ1) is 7.09. The highest BCUT2D eigenvalue weighted by Crippen LogP contribution is 2.20. The van der Waals surface area contributed by atoms with Gasteiger partial charge in [0.1, 0.15) is 6.33 Å². The van der Waals surface area contributed by atoms with Gasteiger partial charge in [0.15, 0.2) is 5.65 Å². The maximum absolute atomic E-state index is 11.2. The molecule has 0 fully saturated rings. The van der Waals surface area contributed by atoms with Crippen molar-refractivity contribution in [2.45, 2.75) is 25.1 Å². The lowest BCUT2D eigenvalue weighted by Gasteiger charge is -2.12. The number of nitrogens with one attached hydrogen (secondary N) is 1. The number of alkyl halides is 1. The Morgan fingerprint density at radius 3 is 2.93 bits per heavy atom. The second-order valence-corrected chi connectivity index (χ2v) is 4.23. The molecule has 0 spiro atoms. The molecule has 2 heterocycles. The van der Waals surface area contributed by atoms with E-state index in [4.69, 9.17) is 11.6 Å². The van der Waals surface area contributed by atoms with Crippen LogP contribution in [0.3, 0.4) is 0 Å². The molecular formula is C9H11ClN4O. The number of H-pyrrole nitrogens is 1. The lowest BCUT2D eigenvalue weighted by molar-refractivity contribution is 0.711. The molecule has 2 unspecified atom stereocenters. The normalized spacial score (nSPS) is 15.4. The van der Waals surface area contributed by atoms with Crippen LogP contribution < -0.4 is 5.69 Å². The second-order valence-electron chi connectivity index (χ2n) is 3.54. The van der Waals surface area contributed by atoms with Gasteiger partial charge in [0.05, 0.1) is 5.69 Å². The molecule has 0 aliphatic carbocycles. The Hall–Kier alpha value is -1.36. The first-order valence-corrected chi connectivity index (χ1v) is 5.10. The summed E-state index contributed by atoms with van der Waals surface area (Å²) in [5.74, 6) is 0.128. The Kier molecular flexibility index (Phi) is 2.48. The quantitative estimate of drug-likeness (QED) is 0.782. The van der Waals surface area contributed by atoms with Crippen molar-refractivity contribution in [3.05, 3.63) is 28.6 Å². The maximum atomic E-state index is 11.2. The van der Waals surface area contributed by atoms with Crippen LogP contribution in [0.15, 0.2) is 17.2 Å². The van der Waals surface area contributed by atoms with Crippen molar-refractivity contribution in [1.29, 1.82) is 0 Å². The number of aromatic amines is 1. The van der Waals surface area contributed by atoms with Crippen LogP contribution in [0.1, 0.15) is 25.5 Å². The van der Waals surface area contributed by atoms with Gasteiger partial charge in [-0.25, -0.2) is 19.3 Å². The number of aromatic nitrogens is 4. The summed E-state index contributed by atoms with van der Waals surface area (Å²) < 4.78 is 1.36. The molecule has 1 N–H and O–H groups in total. The molecule has 5 nitrogen and oxygen atoms in total. The molecule has 0 amide bonds. The van der Waals surface area contributed by atoms with Gasteiger partial charge in [0.2, 0.25) is 0 Å². The van der Waals surface area contributed by atoms with Gasteiger partial charge in [0, 0.05) is 17.4 Å². The van der Waals surface area contributed by atoms with Crippen LogP contribution in [0.5, 0.6) is 0 Å². The average Bonchev–Trinajstić information content (AvgIpc) is 2.59. The predicted octanol–water partition coefficient (Wildman–Crippen LogP) is 1.15. The summed E-state index contributed by atoms with van der Waals surface area (Å²) in [7, 11) is 0. The Morgan fingerprint density at radius 2 is 2.27 bits per heavy atom. The Balaban J connectivity index is 2.52. The minimum absolute atomic E-state index is 0.00869. The fraction of sp³-hybridized carbons (Fsp3) is 0.444. The summed E-state index contributed by atoms with van der Waals surface area (Å²) in [6.07, 6.45) is 1.46. The summed E-state index contributed by atoms with van der Waals surface area (Å²) in [5, 5.41) is 6.21. The highest BCUT2D eigenvalue weighted by atomic mass is 35.5. The van der Waals surface area contributed by atoms with Crippen LogP contribution in [-0.4, -0.2) is 25.0 Å². The smallest absolute Gasteiger partial charge is 0.246 e. The molecule has 6 heteroatoms. The van der Waals surface area contributed by atoms with E-state index < -0.39 is 0 Å². The second kappa shape index (κ2) is 3.66. The largest absolute Gasteiger partial charge is 0.348 e. The van der Waals surface area contributed by atoms with Crippen LogP contribution in [-0.2, 0) is 0 Å². The summed E-state index contributed by atoms with van der Waals surface area (Å²) in [5.41, 5.74) is 1.12. The molecule has 2 aromatic heterocycles. The first-order valence-electron chi connectivity index (χ1n) is 4.66. The highest BCUT2D eigenvalue weighted by Gasteiger charge is 2.14. The van der Waals surface area contributed by atoms with Gasteiger partial charge in [-0.2, -0.15) is 5.10 Å². The van der Waals surface area contributed by atoms with Crippen LogP contribution >= 0.6 is 11.6 Å². The molecule has 0 aliphatic rings. The molecule has 0 aromatic carbocycles. The lowest BCUT2D eigenvalue weighted by Crippen LogP contribution is -2.12. The SMILES string of the molecule is CC(Cl)C(C)c1cc2n[nH]c(=O)n2cn1. The van der Waals surface area contributed by atoms with E-state index in [1.54, 1.807) is 6.07 Å². The molecule has 80 valence electrons. The third-order valence-electron chi connectivity index (χ3n) is 2.49. The molecule has 2 atom stereocenters. The van der Waals surface area contributed by atoms with Crippen molar-refractivity contribution in [2.24, 2.45) is 0 Å². The number of nitrogens with zero attached hydrogens (tertiary/aromatic N) is 3. The van der Waals surface area contributed by atoms with Gasteiger partial charge in [-0.1, -0.05) is 6.92 Å². The van der Waals surface area contributed by atoms with E-state index in [0.29, 0.717) is 5.65 Å². The van der Waals surface area contributed by atoms with Crippen molar-refractivity contribution in [2.75, 3.05) is 0 Å². The van der Waals surface area contributed by atoms with Gasteiger partial charge in [0.25, 0.3) is 0 Å². The van der Waals surface area contributed by atoms with Gasteiger partial charge >= 0.3 is 5.69 Å². The van der Waals surface area contributed by atoms with Crippen LogP contribution in [0, 0.1) is 0 Å². The topological polar surface area (TPSA) is 63.0 Å². The van der Waals surface area contributed by atoms with Crippen molar-refractivity contribution < 1.29 is 0 Å². The third kappa shape index (κ3) is 1.74. The summed E-state index contributed by atoms with van der Waals surface area (Å²) >= 11 is 5.98. The average molecular weight is 227 g/mol. The van der Waals surface area contributed by atoms with Crippen LogP contribution in [0.4, 0.5) is 0 Å². The molecule has 2 aromatic rings. The van der Waals surface area contributed by atoms with Gasteiger partial charge in [-0.05, 0) is 6.92 Å². The van der Waals surface area contributed by atoms with E-state index in [2.05, 4.69) is 15.2 Å². The molecule has 0 bridgehead atoms. The van der Waals surface area contributed by atoms with E-state index in [-0.39, 0.29) is 17.0 Å². The number of halogens is 1. The van der Waals surface area contributed by atoms with Gasteiger partial charge < -0.3 is 0 Å². The monoisotopic (exact) mass is 226 g/mol. The molecule has 0 saturated carbocycles. The molecule has 0 saturated heterocycles. The third-order valence-corrected chi connectivity index (χ3v) is 2.86. The van der Waals surface area contributed by atoms with E-state index in [1.165, 1.54) is 10.7 Å². The van der Waals surface area contributed by atoms with Crippen LogP contribution in [0.2, 0.25) is 0 Å². The van der Waals surface area contributed by atoms with E-state index in [1.807, 2.05) is 13.8 Å². The van der Waals surface area contributed by atoms with E-state index >= 15 is 0 Å². The fourth-order valence-corrected chi connectivity index (χ4v) is 1.44. The Bertz CT molecular complexity index is 530. The zero-order valence-electron chi connectivity index (χ0n) is 8.44. The molecule has 0 aliphatic heterocycles. The zero-order chi connectivity index (χ0) is 11.0. The predicted molar refractivity (Wildman–Crippen MR) is 57.3 cm³/mol. The zero-order valence-corrected chi connectivity index (χ0v) is 9.19. The number of fused-ring (bicyclic) bond motifs is 1. The Labute approximate surface area is 91.1 Å². The summed E-state index contributed by atoms with van der Waals surface area (Å²) in [6, 6.07) is 1.77. The van der Waals surface area contributed by atoms with Gasteiger partial charge in [-0.15, -0.1) is 11.6 Å².